The zero-order chi connectivity index (χ0) is 19.4. The van der Waals surface area contributed by atoms with Gasteiger partial charge in [0.05, 0.1) is 31.4 Å². The summed E-state index contributed by atoms with van der Waals surface area (Å²) in [4.78, 5) is 24.8. The summed E-state index contributed by atoms with van der Waals surface area (Å²) in [5.74, 6) is 1.60. The van der Waals surface area contributed by atoms with Crippen molar-refractivity contribution in [2.45, 2.75) is 12.8 Å². The van der Waals surface area contributed by atoms with Crippen molar-refractivity contribution in [3.05, 3.63) is 52.1 Å². The number of aryl methyl sites for hydroxylation is 1. The van der Waals surface area contributed by atoms with E-state index in [0.717, 1.165) is 5.56 Å². The number of rotatable bonds is 6. The van der Waals surface area contributed by atoms with Crippen LogP contribution >= 0.6 is 0 Å². The van der Waals surface area contributed by atoms with Crippen molar-refractivity contribution in [3.63, 3.8) is 0 Å². The van der Waals surface area contributed by atoms with Crippen LogP contribution in [-0.4, -0.2) is 38.2 Å². The molecule has 8 heteroatoms. The molecule has 142 valence electrons. The van der Waals surface area contributed by atoms with E-state index in [1.165, 1.54) is 18.2 Å². The number of hydrogen-bond acceptors (Lipinski definition) is 6. The van der Waals surface area contributed by atoms with E-state index in [4.69, 9.17) is 14.2 Å². The molecule has 0 radical (unpaired) electrons. The van der Waals surface area contributed by atoms with Crippen molar-refractivity contribution in [1.29, 1.82) is 0 Å². The number of hydrogen-bond donors (Lipinski definition) is 0. The molecule has 0 bridgehead atoms. The molecule has 1 aliphatic rings. The maximum absolute atomic E-state index is 12.7. The molecule has 0 spiro atoms. The number of non-ortho nitro benzene ring substituents is 1. The van der Waals surface area contributed by atoms with Gasteiger partial charge in [0.2, 0.25) is 5.91 Å². The number of benzene rings is 2. The first-order chi connectivity index (χ1) is 13.0. The summed E-state index contributed by atoms with van der Waals surface area (Å²) < 4.78 is 16.0. The molecule has 1 amide bonds. The third-order valence-electron chi connectivity index (χ3n) is 4.39. The van der Waals surface area contributed by atoms with Crippen LogP contribution in [0, 0.1) is 10.1 Å². The predicted octanol–water partition coefficient (Wildman–Crippen LogP) is 2.97. The SMILES string of the molecule is COc1ccc(CCC(=O)N2CCOc3ccc([N+](=O)[O-])cc32)cc1OC. The third-order valence-corrected chi connectivity index (χ3v) is 4.39. The molecule has 2 aromatic carbocycles. The Hall–Kier alpha value is -3.29. The van der Waals surface area contributed by atoms with E-state index < -0.39 is 4.92 Å². The summed E-state index contributed by atoms with van der Waals surface area (Å²) in [6.45, 7) is 0.714. The molecule has 0 aromatic heterocycles. The third kappa shape index (κ3) is 3.94. The summed E-state index contributed by atoms with van der Waals surface area (Å²) in [5.41, 5.74) is 1.30. The van der Waals surface area contributed by atoms with Gasteiger partial charge in [-0.05, 0) is 30.2 Å². The summed E-state index contributed by atoms with van der Waals surface area (Å²) >= 11 is 0. The van der Waals surface area contributed by atoms with E-state index in [0.29, 0.717) is 42.5 Å². The Labute approximate surface area is 156 Å². The lowest BCUT2D eigenvalue weighted by molar-refractivity contribution is -0.384. The Bertz CT molecular complexity index is 867. The molecule has 0 atom stereocenters. The highest BCUT2D eigenvalue weighted by atomic mass is 16.6. The van der Waals surface area contributed by atoms with Gasteiger partial charge in [0.1, 0.15) is 12.4 Å². The molecule has 0 saturated heterocycles. The zero-order valence-corrected chi connectivity index (χ0v) is 15.1. The normalized spacial score (nSPS) is 12.7. The van der Waals surface area contributed by atoms with Crippen molar-refractivity contribution < 1.29 is 23.9 Å². The molecule has 1 heterocycles. The number of carbonyl (C=O) groups excluding carboxylic acids is 1. The fraction of sp³-hybridized carbons (Fsp3) is 0.316. The van der Waals surface area contributed by atoms with Gasteiger partial charge < -0.3 is 19.1 Å². The van der Waals surface area contributed by atoms with Crippen molar-refractivity contribution >= 4 is 17.3 Å². The molecule has 0 unspecified atom stereocenters. The largest absolute Gasteiger partial charge is 0.493 e. The van der Waals surface area contributed by atoms with Crippen LogP contribution in [0.4, 0.5) is 11.4 Å². The van der Waals surface area contributed by atoms with Gasteiger partial charge in [0.15, 0.2) is 11.5 Å². The number of nitro groups is 1. The first kappa shape index (κ1) is 18.5. The van der Waals surface area contributed by atoms with E-state index in [9.17, 15) is 14.9 Å². The molecular weight excluding hydrogens is 352 g/mol. The number of methoxy groups -OCH3 is 2. The monoisotopic (exact) mass is 372 g/mol. The minimum Gasteiger partial charge on any atom is -0.493 e. The number of ether oxygens (including phenoxy) is 3. The lowest BCUT2D eigenvalue weighted by Crippen LogP contribution is -2.38. The Morgan fingerprint density at radius 1 is 1.19 bits per heavy atom. The molecule has 0 saturated carbocycles. The van der Waals surface area contributed by atoms with Crippen LogP contribution in [0.25, 0.3) is 0 Å². The topological polar surface area (TPSA) is 91.1 Å². The van der Waals surface area contributed by atoms with Gasteiger partial charge in [-0.15, -0.1) is 0 Å². The van der Waals surface area contributed by atoms with Crippen LogP contribution in [0.3, 0.4) is 0 Å². The highest BCUT2D eigenvalue weighted by Crippen LogP contribution is 2.35. The molecule has 1 aliphatic heterocycles. The summed E-state index contributed by atoms with van der Waals surface area (Å²) in [7, 11) is 3.13. The molecule has 27 heavy (non-hydrogen) atoms. The zero-order valence-electron chi connectivity index (χ0n) is 15.1. The number of carbonyl (C=O) groups is 1. The second kappa shape index (κ2) is 7.94. The van der Waals surface area contributed by atoms with Gasteiger partial charge in [0, 0.05) is 18.6 Å². The Morgan fingerprint density at radius 3 is 2.67 bits per heavy atom. The van der Waals surface area contributed by atoms with Crippen LogP contribution in [-0.2, 0) is 11.2 Å². The minimum atomic E-state index is -0.485. The summed E-state index contributed by atoms with van der Waals surface area (Å²) in [6, 6.07) is 9.80. The van der Waals surface area contributed by atoms with Crippen LogP contribution in [0.1, 0.15) is 12.0 Å². The van der Waals surface area contributed by atoms with E-state index in [1.54, 1.807) is 25.2 Å². The highest BCUT2D eigenvalue weighted by Gasteiger charge is 2.25. The van der Waals surface area contributed by atoms with Crippen molar-refractivity contribution in [2.24, 2.45) is 0 Å². The predicted molar refractivity (Wildman–Crippen MR) is 98.8 cm³/mol. The molecule has 0 aliphatic carbocycles. The van der Waals surface area contributed by atoms with Gasteiger partial charge in [-0.25, -0.2) is 0 Å². The number of nitrogens with zero attached hydrogens (tertiary/aromatic N) is 2. The van der Waals surface area contributed by atoms with Crippen LogP contribution in [0.5, 0.6) is 17.2 Å². The van der Waals surface area contributed by atoms with Crippen LogP contribution < -0.4 is 19.1 Å². The number of fused-ring (bicyclic) bond motifs is 1. The summed E-state index contributed by atoms with van der Waals surface area (Å²) in [5, 5.41) is 11.0. The fourth-order valence-corrected chi connectivity index (χ4v) is 3.00. The number of amides is 1. The van der Waals surface area contributed by atoms with Crippen LogP contribution in [0.15, 0.2) is 36.4 Å². The molecule has 0 fully saturated rings. The standard InChI is InChI=1S/C19H20N2O6/c1-25-17-6-3-13(11-18(17)26-2)4-8-19(22)20-9-10-27-16-7-5-14(21(23)24)12-15(16)20/h3,5-7,11-12H,4,8-10H2,1-2H3. The highest BCUT2D eigenvalue weighted by molar-refractivity contribution is 5.95. The van der Waals surface area contributed by atoms with E-state index in [2.05, 4.69) is 0 Å². The Morgan fingerprint density at radius 2 is 1.96 bits per heavy atom. The molecule has 8 nitrogen and oxygen atoms in total. The average molecular weight is 372 g/mol. The second-order valence-electron chi connectivity index (χ2n) is 5.99. The Balaban J connectivity index is 1.74. The quantitative estimate of drug-likeness (QED) is 0.572. The fourth-order valence-electron chi connectivity index (χ4n) is 3.00. The lowest BCUT2D eigenvalue weighted by Gasteiger charge is -2.29. The average Bonchev–Trinajstić information content (AvgIpc) is 2.70. The van der Waals surface area contributed by atoms with Gasteiger partial charge >= 0.3 is 0 Å². The maximum Gasteiger partial charge on any atom is 0.271 e. The number of nitro benzene ring substituents is 1. The van der Waals surface area contributed by atoms with Gasteiger partial charge in [-0.3, -0.25) is 14.9 Å². The minimum absolute atomic E-state index is 0.0723. The van der Waals surface area contributed by atoms with Crippen molar-refractivity contribution in [2.75, 3.05) is 32.3 Å². The first-order valence-electron chi connectivity index (χ1n) is 8.46. The number of anilines is 1. The van der Waals surface area contributed by atoms with E-state index >= 15 is 0 Å². The first-order valence-corrected chi connectivity index (χ1v) is 8.46. The Kier molecular flexibility index (Phi) is 5.44. The second-order valence-corrected chi connectivity index (χ2v) is 5.99. The molecule has 2 aromatic rings. The maximum atomic E-state index is 12.7. The molecule has 0 N–H and O–H groups in total. The van der Waals surface area contributed by atoms with E-state index in [-0.39, 0.29) is 18.0 Å². The summed E-state index contributed by atoms with van der Waals surface area (Å²) in [6.07, 6.45) is 0.776. The van der Waals surface area contributed by atoms with Crippen molar-refractivity contribution in [1.82, 2.24) is 0 Å². The molecule has 3 rings (SSSR count). The van der Waals surface area contributed by atoms with Gasteiger partial charge in [-0.2, -0.15) is 0 Å². The van der Waals surface area contributed by atoms with Gasteiger partial charge in [0.25, 0.3) is 5.69 Å². The smallest absolute Gasteiger partial charge is 0.271 e. The molecular formula is C19H20N2O6. The van der Waals surface area contributed by atoms with E-state index in [1.807, 2.05) is 12.1 Å². The van der Waals surface area contributed by atoms with Crippen molar-refractivity contribution in [3.8, 4) is 17.2 Å². The van der Waals surface area contributed by atoms with Crippen LogP contribution in [0.2, 0.25) is 0 Å². The lowest BCUT2D eigenvalue weighted by atomic mass is 10.1. The van der Waals surface area contributed by atoms with Gasteiger partial charge in [-0.1, -0.05) is 6.07 Å².